The monoisotopic (exact) mass is 412 g/mol. The number of thiol groups is 1. The molecule has 154 valence electrons. The first-order valence-corrected chi connectivity index (χ1v) is 9.93. The van der Waals surface area contributed by atoms with Crippen LogP contribution >= 0.6 is 12.8 Å². The summed E-state index contributed by atoms with van der Waals surface area (Å²) in [4.78, 5) is 0. The lowest BCUT2D eigenvalue weighted by molar-refractivity contribution is 0.435. The summed E-state index contributed by atoms with van der Waals surface area (Å²) in [6.45, 7) is 8.76. The van der Waals surface area contributed by atoms with E-state index in [1.165, 1.54) is 23.9 Å². The first-order chi connectivity index (χ1) is 14.0. The summed E-state index contributed by atoms with van der Waals surface area (Å²) in [5.41, 5.74) is 4.41. The van der Waals surface area contributed by atoms with E-state index in [9.17, 15) is 4.39 Å². The molecule has 1 aromatic rings. The van der Waals surface area contributed by atoms with Gasteiger partial charge < -0.3 is 16.0 Å². The Hall–Kier alpha value is -2.57. The van der Waals surface area contributed by atoms with E-state index in [0.717, 1.165) is 35.4 Å². The molecule has 0 aromatic heterocycles. The van der Waals surface area contributed by atoms with Gasteiger partial charge in [0.15, 0.2) is 0 Å². The topological polar surface area (TPSA) is 59.9 Å². The molecule has 1 aromatic carbocycles. The molecule has 29 heavy (non-hydrogen) atoms. The van der Waals surface area contributed by atoms with Gasteiger partial charge in [0.1, 0.15) is 5.82 Å². The molecule has 0 fully saturated rings. The fraction of sp³-hybridized carbons (Fsp3) is 0.261. The van der Waals surface area contributed by atoms with E-state index in [1.54, 1.807) is 12.1 Å². The Bertz CT molecular complexity index is 839. The van der Waals surface area contributed by atoms with Gasteiger partial charge in [0.05, 0.1) is 0 Å². The number of allylic oxidation sites excluding steroid dienone is 5. The summed E-state index contributed by atoms with van der Waals surface area (Å²) < 4.78 is 16.2. The maximum absolute atomic E-state index is 13.2. The fourth-order valence-electron chi connectivity index (χ4n) is 3.59. The van der Waals surface area contributed by atoms with Gasteiger partial charge in [0.2, 0.25) is 0 Å². The number of nitrogens with one attached hydrogen (secondary N) is 4. The molecule has 1 aliphatic rings. The standard InChI is InChI=1S/C23H29FN4S/c1-4-17(16-26-3)13-23(5-2)14-18(15-25)22(12-19(23)10-11-27-29)28-21-8-6-20(24)7-9-21/h4-9,12,15-16,25-29H,1-2,10-11,13-14H2,3H3/b17-16+,25-15?. The highest BCUT2D eigenvalue weighted by molar-refractivity contribution is 7.78. The smallest absolute Gasteiger partial charge is 0.123 e. The fourth-order valence-corrected chi connectivity index (χ4v) is 3.70. The third kappa shape index (κ3) is 5.71. The Balaban J connectivity index is 2.46. The van der Waals surface area contributed by atoms with Crippen LogP contribution in [0.2, 0.25) is 0 Å². The van der Waals surface area contributed by atoms with Gasteiger partial charge in [-0.05, 0) is 67.0 Å². The van der Waals surface area contributed by atoms with Gasteiger partial charge in [-0.3, -0.25) is 4.72 Å². The van der Waals surface area contributed by atoms with Crippen molar-refractivity contribution in [1.82, 2.24) is 10.0 Å². The minimum Gasteiger partial charge on any atom is -0.394 e. The highest BCUT2D eigenvalue weighted by Gasteiger charge is 2.35. The number of halogens is 1. The van der Waals surface area contributed by atoms with Crippen LogP contribution in [0.1, 0.15) is 19.3 Å². The van der Waals surface area contributed by atoms with Gasteiger partial charge in [-0.15, -0.1) is 6.58 Å². The van der Waals surface area contributed by atoms with E-state index in [-0.39, 0.29) is 11.2 Å². The second-order valence-corrected chi connectivity index (χ2v) is 7.28. The Morgan fingerprint density at radius 2 is 2.03 bits per heavy atom. The molecular weight excluding hydrogens is 383 g/mol. The minimum absolute atomic E-state index is 0.282. The van der Waals surface area contributed by atoms with E-state index < -0.39 is 0 Å². The molecule has 0 spiro atoms. The van der Waals surface area contributed by atoms with Crippen LogP contribution in [-0.2, 0) is 0 Å². The number of anilines is 1. The molecule has 0 aliphatic heterocycles. The number of benzene rings is 1. The Kier molecular flexibility index (Phi) is 8.49. The lowest BCUT2D eigenvalue weighted by Gasteiger charge is -2.38. The van der Waals surface area contributed by atoms with Crippen molar-refractivity contribution in [3.05, 3.63) is 90.1 Å². The van der Waals surface area contributed by atoms with Crippen molar-refractivity contribution in [3.8, 4) is 0 Å². The zero-order valence-corrected chi connectivity index (χ0v) is 17.7. The normalized spacial score (nSPS) is 19.4. The van der Waals surface area contributed by atoms with Crippen molar-refractivity contribution in [1.29, 1.82) is 5.41 Å². The average molecular weight is 413 g/mol. The van der Waals surface area contributed by atoms with Gasteiger partial charge in [-0.2, -0.15) is 0 Å². The van der Waals surface area contributed by atoms with Crippen LogP contribution in [-0.4, -0.2) is 19.8 Å². The third-order valence-electron chi connectivity index (χ3n) is 5.12. The number of hydrogen-bond acceptors (Lipinski definition) is 5. The van der Waals surface area contributed by atoms with Crippen molar-refractivity contribution in [2.75, 3.05) is 18.9 Å². The molecule has 0 amide bonds. The largest absolute Gasteiger partial charge is 0.394 e. The Morgan fingerprint density at radius 3 is 2.59 bits per heavy atom. The van der Waals surface area contributed by atoms with Crippen molar-refractivity contribution >= 4 is 24.7 Å². The molecule has 2 rings (SSSR count). The van der Waals surface area contributed by atoms with E-state index in [0.29, 0.717) is 13.0 Å². The molecule has 0 saturated carbocycles. The Labute approximate surface area is 178 Å². The van der Waals surface area contributed by atoms with E-state index in [1.807, 2.05) is 25.4 Å². The molecule has 1 atom stereocenters. The first kappa shape index (κ1) is 22.7. The van der Waals surface area contributed by atoms with Gasteiger partial charge in [0, 0.05) is 36.6 Å². The summed E-state index contributed by atoms with van der Waals surface area (Å²) in [6, 6.07) is 6.21. The van der Waals surface area contributed by atoms with Crippen LogP contribution in [0.15, 0.2) is 84.3 Å². The molecular formula is C23H29FN4S. The summed E-state index contributed by atoms with van der Waals surface area (Å²) >= 11 is 4.14. The maximum Gasteiger partial charge on any atom is 0.123 e. The van der Waals surface area contributed by atoms with Crippen LogP contribution in [0.25, 0.3) is 0 Å². The summed E-state index contributed by atoms with van der Waals surface area (Å²) in [7, 11) is 1.86. The zero-order valence-electron chi connectivity index (χ0n) is 16.8. The van der Waals surface area contributed by atoms with Gasteiger partial charge in [0.25, 0.3) is 0 Å². The first-order valence-electron chi connectivity index (χ1n) is 9.48. The van der Waals surface area contributed by atoms with Gasteiger partial charge >= 0.3 is 0 Å². The predicted octanol–water partition coefficient (Wildman–Crippen LogP) is 5.15. The molecule has 0 bridgehead atoms. The second kappa shape index (κ2) is 10.8. The van der Waals surface area contributed by atoms with Gasteiger partial charge in [-0.25, -0.2) is 4.39 Å². The lowest BCUT2D eigenvalue weighted by atomic mass is 9.67. The molecule has 4 nitrogen and oxygen atoms in total. The highest BCUT2D eigenvalue weighted by Crippen LogP contribution is 2.46. The molecule has 0 saturated heterocycles. The SMILES string of the molecule is C=C/C(=C\NC)CC1(C=C)CC(C=N)=C(Nc2ccc(F)cc2)C=C1CCNS. The Morgan fingerprint density at radius 1 is 1.31 bits per heavy atom. The number of hydrogen-bond donors (Lipinski definition) is 5. The van der Waals surface area contributed by atoms with Crippen LogP contribution in [0, 0.1) is 16.6 Å². The molecule has 0 radical (unpaired) electrons. The van der Waals surface area contributed by atoms with E-state index >= 15 is 0 Å². The number of rotatable bonds is 11. The molecule has 0 heterocycles. The quantitative estimate of drug-likeness (QED) is 0.151. The molecule has 4 N–H and O–H groups in total. The summed E-state index contributed by atoms with van der Waals surface area (Å²) in [6.07, 6.45) is 11.4. The van der Waals surface area contributed by atoms with Crippen LogP contribution in [0.5, 0.6) is 0 Å². The van der Waals surface area contributed by atoms with Crippen molar-refractivity contribution in [2.45, 2.75) is 19.3 Å². The van der Waals surface area contributed by atoms with Crippen LogP contribution in [0.4, 0.5) is 10.1 Å². The zero-order chi connectivity index (χ0) is 21.3. The lowest BCUT2D eigenvalue weighted by Crippen LogP contribution is -2.29. The molecule has 1 aliphatic carbocycles. The summed E-state index contributed by atoms with van der Waals surface area (Å²) in [5, 5.41) is 14.4. The molecule has 6 heteroatoms. The van der Waals surface area contributed by atoms with E-state index in [4.69, 9.17) is 5.41 Å². The highest BCUT2D eigenvalue weighted by atomic mass is 32.1. The third-order valence-corrected chi connectivity index (χ3v) is 5.34. The van der Waals surface area contributed by atoms with Crippen molar-refractivity contribution < 1.29 is 4.39 Å². The van der Waals surface area contributed by atoms with Crippen LogP contribution in [0.3, 0.4) is 0 Å². The van der Waals surface area contributed by atoms with Gasteiger partial charge in [-0.1, -0.05) is 37.1 Å². The van der Waals surface area contributed by atoms with Crippen LogP contribution < -0.4 is 15.4 Å². The average Bonchev–Trinajstić information content (AvgIpc) is 2.74. The van der Waals surface area contributed by atoms with Crippen molar-refractivity contribution in [2.24, 2.45) is 5.41 Å². The maximum atomic E-state index is 13.2. The second-order valence-electron chi connectivity index (χ2n) is 6.97. The minimum atomic E-state index is -0.331. The predicted molar refractivity (Wildman–Crippen MR) is 125 cm³/mol. The van der Waals surface area contributed by atoms with Crippen molar-refractivity contribution in [3.63, 3.8) is 0 Å². The summed E-state index contributed by atoms with van der Waals surface area (Å²) in [5.74, 6) is -0.282. The molecule has 1 unspecified atom stereocenters. The van der Waals surface area contributed by atoms with E-state index in [2.05, 4.69) is 47.4 Å².